The number of thioether (sulfide) groups is 1. The molecule has 0 amide bonds. The molecule has 3 nitrogen and oxygen atoms in total. The van der Waals surface area contributed by atoms with Gasteiger partial charge in [0.05, 0.1) is 0 Å². The molecule has 1 aliphatic heterocycles. The molecule has 86 valence electrons. The number of carbonyl (C=O) groups is 1. The fourth-order valence-electron chi connectivity index (χ4n) is 1.55. The molecule has 0 saturated carbocycles. The summed E-state index contributed by atoms with van der Waals surface area (Å²) in [6.07, 6.45) is 4.12. The summed E-state index contributed by atoms with van der Waals surface area (Å²) in [4.78, 5) is 12.6. The average molecular weight is 229 g/mol. The predicted molar refractivity (Wildman–Crippen MR) is 64.4 cm³/mol. The zero-order valence-corrected chi connectivity index (χ0v) is 10.2. The van der Waals surface area contributed by atoms with Crippen LogP contribution in [0.1, 0.15) is 20.3 Å². The summed E-state index contributed by atoms with van der Waals surface area (Å²) in [6.45, 7) is 7.41. The van der Waals surface area contributed by atoms with E-state index < -0.39 is 5.97 Å². The summed E-state index contributed by atoms with van der Waals surface area (Å²) >= 11 is 2.00. The normalized spacial score (nSPS) is 22.8. The van der Waals surface area contributed by atoms with E-state index in [1.807, 2.05) is 11.8 Å². The van der Waals surface area contributed by atoms with Crippen LogP contribution in [-0.4, -0.2) is 46.1 Å². The Morgan fingerprint density at radius 3 is 2.93 bits per heavy atom. The number of hydrogen-bond acceptors (Lipinski definition) is 3. The van der Waals surface area contributed by atoms with E-state index >= 15 is 0 Å². The second kappa shape index (κ2) is 5.56. The SMILES string of the molecule is CC1(C)CCN(C/C=C/C(=O)O)CCS1. The third-order valence-corrected chi connectivity index (χ3v) is 3.93. The summed E-state index contributed by atoms with van der Waals surface area (Å²) in [6, 6.07) is 0. The van der Waals surface area contributed by atoms with Crippen LogP contribution in [0.4, 0.5) is 0 Å². The van der Waals surface area contributed by atoms with E-state index in [-0.39, 0.29) is 0 Å². The van der Waals surface area contributed by atoms with Gasteiger partial charge in [0, 0.05) is 29.7 Å². The lowest BCUT2D eigenvalue weighted by atomic mass is 10.1. The van der Waals surface area contributed by atoms with Gasteiger partial charge in [-0.2, -0.15) is 11.8 Å². The minimum Gasteiger partial charge on any atom is -0.478 e. The maximum absolute atomic E-state index is 10.3. The van der Waals surface area contributed by atoms with Gasteiger partial charge in [-0.1, -0.05) is 19.9 Å². The molecule has 0 bridgehead atoms. The van der Waals surface area contributed by atoms with Gasteiger partial charge in [0.1, 0.15) is 0 Å². The number of nitrogens with zero attached hydrogens (tertiary/aromatic N) is 1. The fourth-order valence-corrected chi connectivity index (χ4v) is 2.69. The topological polar surface area (TPSA) is 40.5 Å². The highest BCUT2D eigenvalue weighted by Gasteiger charge is 2.22. The van der Waals surface area contributed by atoms with Gasteiger partial charge in [-0.05, 0) is 13.0 Å². The number of carboxylic acids is 1. The monoisotopic (exact) mass is 229 g/mol. The first-order chi connectivity index (χ1) is 6.99. The molecule has 1 saturated heterocycles. The van der Waals surface area contributed by atoms with Crippen LogP contribution < -0.4 is 0 Å². The van der Waals surface area contributed by atoms with E-state index in [1.54, 1.807) is 6.08 Å². The van der Waals surface area contributed by atoms with Gasteiger partial charge in [0.15, 0.2) is 0 Å². The van der Waals surface area contributed by atoms with Crippen molar-refractivity contribution in [3.63, 3.8) is 0 Å². The Hall–Kier alpha value is -0.480. The van der Waals surface area contributed by atoms with Crippen LogP contribution in [0.15, 0.2) is 12.2 Å². The minimum absolute atomic E-state index is 0.366. The van der Waals surface area contributed by atoms with Gasteiger partial charge >= 0.3 is 5.97 Å². The van der Waals surface area contributed by atoms with E-state index in [9.17, 15) is 4.79 Å². The van der Waals surface area contributed by atoms with Crippen molar-refractivity contribution in [1.82, 2.24) is 4.90 Å². The largest absolute Gasteiger partial charge is 0.478 e. The van der Waals surface area contributed by atoms with E-state index in [0.29, 0.717) is 4.75 Å². The molecule has 4 heteroatoms. The first kappa shape index (κ1) is 12.6. The number of rotatable bonds is 3. The van der Waals surface area contributed by atoms with Crippen LogP contribution in [0.25, 0.3) is 0 Å². The lowest BCUT2D eigenvalue weighted by Gasteiger charge is -2.21. The highest BCUT2D eigenvalue weighted by atomic mass is 32.2. The van der Waals surface area contributed by atoms with Crippen LogP contribution in [0, 0.1) is 0 Å². The molecule has 0 aromatic carbocycles. The van der Waals surface area contributed by atoms with Gasteiger partial charge in [0.25, 0.3) is 0 Å². The van der Waals surface area contributed by atoms with Crippen LogP contribution in [-0.2, 0) is 4.79 Å². The van der Waals surface area contributed by atoms with E-state index in [1.165, 1.54) is 12.5 Å². The lowest BCUT2D eigenvalue weighted by Crippen LogP contribution is -2.27. The molecule has 15 heavy (non-hydrogen) atoms. The summed E-state index contributed by atoms with van der Waals surface area (Å²) in [5.74, 6) is 0.271. The fraction of sp³-hybridized carbons (Fsp3) is 0.727. The van der Waals surface area contributed by atoms with Gasteiger partial charge in [-0.25, -0.2) is 4.79 Å². The van der Waals surface area contributed by atoms with Crippen LogP contribution >= 0.6 is 11.8 Å². The lowest BCUT2D eigenvalue weighted by molar-refractivity contribution is -0.131. The maximum Gasteiger partial charge on any atom is 0.328 e. The predicted octanol–water partition coefficient (Wildman–Crippen LogP) is 1.84. The summed E-state index contributed by atoms with van der Waals surface area (Å²) in [7, 11) is 0. The molecular weight excluding hydrogens is 210 g/mol. The molecule has 1 N–H and O–H groups in total. The molecule has 0 aliphatic carbocycles. The van der Waals surface area contributed by atoms with Gasteiger partial charge in [-0.3, -0.25) is 4.90 Å². The molecule has 0 radical (unpaired) electrons. The molecular formula is C11H19NO2S. The molecule has 0 aromatic heterocycles. The molecule has 1 rings (SSSR count). The smallest absolute Gasteiger partial charge is 0.328 e. The molecule has 1 aliphatic rings. The van der Waals surface area contributed by atoms with Crippen molar-refractivity contribution in [1.29, 1.82) is 0 Å². The van der Waals surface area contributed by atoms with E-state index in [2.05, 4.69) is 18.7 Å². The summed E-state index contributed by atoms with van der Waals surface area (Å²) in [5, 5.41) is 8.47. The number of hydrogen-bond donors (Lipinski definition) is 1. The zero-order valence-electron chi connectivity index (χ0n) is 9.40. The Morgan fingerprint density at radius 2 is 2.27 bits per heavy atom. The third-order valence-electron chi connectivity index (χ3n) is 2.55. The van der Waals surface area contributed by atoms with Crippen molar-refractivity contribution in [3.05, 3.63) is 12.2 Å². The van der Waals surface area contributed by atoms with E-state index in [4.69, 9.17) is 5.11 Å². The molecule has 0 atom stereocenters. The third kappa shape index (κ3) is 5.23. The Bertz CT molecular complexity index is 251. The van der Waals surface area contributed by atoms with Crippen LogP contribution in [0.5, 0.6) is 0 Å². The number of carboxylic acid groups (broad SMARTS) is 1. The standard InChI is InChI=1S/C11H19NO2S/c1-11(2)5-7-12(8-9-15-11)6-3-4-10(13)14/h3-4H,5-9H2,1-2H3,(H,13,14)/b4-3+. The van der Waals surface area contributed by atoms with Crippen molar-refractivity contribution in [2.24, 2.45) is 0 Å². The maximum atomic E-state index is 10.3. The van der Waals surface area contributed by atoms with Gasteiger partial charge in [-0.15, -0.1) is 0 Å². The van der Waals surface area contributed by atoms with Crippen LogP contribution in [0.3, 0.4) is 0 Å². The van der Waals surface area contributed by atoms with E-state index in [0.717, 1.165) is 25.4 Å². The van der Waals surface area contributed by atoms with Crippen LogP contribution in [0.2, 0.25) is 0 Å². The molecule has 0 spiro atoms. The molecule has 1 heterocycles. The first-order valence-electron chi connectivity index (χ1n) is 5.25. The van der Waals surface area contributed by atoms with Gasteiger partial charge < -0.3 is 5.11 Å². The quantitative estimate of drug-likeness (QED) is 0.750. The Labute approximate surface area is 95.5 Å². The molecule has 0 aromatic rings. The highest BCUT2D eigenvalue weighted by molar-refractivity contribution is 8.00. The minimum atomic E-state index is -0.862. The highest BCUT2D eigenvalue weighted by Crippen LogP contribution is 2.30. The van der Waals surface area contributed by atoms with Crippen molar-refractivity contribution in [2.45, 2.75) is 25.0 Å². The second-order valence-corrected chi connectivity index (χ2v) is 6.20. The second-order valence-electron chi connectivity index (χ2n) is 4.40. The Balaban J connectivity index is 2.35. The van der Waals surface area contributed by atoms with Crippen molar-refractivity contribution >= 4 is 17.7 Å². The summed E-state index contributed by atoms with van der Waals surface area (Å²) < 4.78 is 0.366. The van der Waals surface area contributed by atoms with Crippen molar-refractivity contribution in [3.8, 4) is 0 Å². The van der Waals surface area contributed by atoms with Crippen molar-refractivity contribution in [2.75, 3.05) is 25.4 Å². The Kier molecular flexibility index (Phi) is 4.67. The Morgan fingerprint density at radius 1 is 1.53 bits per heavy atom. The molecule has 1 fully saturated rings. The molecule has 0 unspecified atom stereocenters. The van der Waals surface area contributed by atoms with Crippen molar-refractivity contribution < 1.29 is 9.90 Å². The summed E-state index contributed by atoms with van der Waals surface area (Å²) in [5.41, 5.74) is 0. The number of aliphatic carboxylic acids is 1. The average Bonchev–Trinajstić information content (AvgIpc) is 2.27. The zero-order chi connectivity index (χ0) is 11.3. The first-order valence-corrected chi connectivity index (χ1v) is 6.24. The van der Waals surface area contributed by atoms with Gasteiger partial charge in [0.2, 0.25) is 0 Å².